The molecule has 0 heterocycles. The maximum atomic E-state index is 8.31. The van der Waals surface area contributed by atoms with Gasteiger partial charge in [0.25, 0.3) is 0 Å². The minimum absolute atomic E-state index is 0.335. The van der Waals surface area contributed by atoms with Gasteiger partial charge in [0.1, 0.15) is 5.75 Å². The molecule has 0 radical (unpaired) electrons. The zero-order valence-electron chi connectivity index (χ0n) is 10.1. The van der Waals surface area contributed by atoms with E-state index in [0.29, 0.717) is 6.54 Å². The van der Waals surface area contributed by atoms with E-state index >= 15 is 0 Å². The Morgan fingerprint density at radius 3 is 2.61 bits per heavy atom. The highest BCUT2D eigenvalue weighted by Crippen LogP contribution is 2.30. The van der Waals surface area contributed by atoms with Gasteiger partial charge in [0.2, 0.25) is 0 Å². The molecular formula is C14H13N3O. The summed E-state index contributed by atoms with van der Waals surface area (Å²) in [5.41, 5.74) is 11.4. The van der Waals surface area contributed by atoms with Crippen LogP contribution in [0.15, 0.2) is 53.6 Å². The highest BCUT2D eigenvalue weighted by molar-refractivity contribution is 5.70. The Morgan fingerprint density at radius 1 is 1.17 bits per heavy atom. The molecule has 4 heteroatoms. The number of ether oxygens (including phenoxy) is 1. The minimum atomic E-state index is 0.335. The van der Waals surface area contributed by atoms with Crippen LogP contribution in [-0.2, 0) is 6.54 Å². The van der Waals surface area contributed by atoms with Gasteiger partial charge in [0, 0.05) is 10.5 Å². The second-order valence-corrected chi connectivity index (χ2v) is 3.79. The van der Waals surface area contributed by atoms with Crippen molar-refractivity contribution in [1.82, 2.24) is 0 Å². The number of hydrogen-bond donors (Lipinski definition) is 0. The van der Waals surface area contributed by atoms with Gasteiger partial charge in [-0.15, -0.1) is 0 Å². The van der Waals surface area contributed by atoms with E-state index in [1.165, 1.54) is 0 Å². The van der Waals surface area contributed by atoms with Crippen molar-refractivity contribution >= 4 is 0 Å². The lowest BCUT2D eigenvalue weighted by molar-refractivity contribution is 0.416. The zero-order chi connectivity index (χ0) is 12.8. The average molecular weight is 239 g/mol. The van der Waals surface area contributed by atoms with Crippen LogP contribution in [0.2, 0.25) is 0 Å². The highest BCUT2D eigenvalue weighted by atomic mass is 16.5. The lowest BCUT2D eigenvalue weighted by Crippen LogP contribution is -1.90. The van der Waals surface area contributed by atoms with E-state index < -0.39 is 0 Å². The Hall–Kier alpha value is -2.45. The zero-order valence-corrected chi connectivity index (χ0v) is 10.1. The maximum Gasteiger partial charge on any atom is 0.126 e. The first-order valence-electron chi connectivity index (χ1n) is 5.58. The van der Waals surface area contributed by atoms with E-state index in [4.69, 9.17) is 10.3 Å². The summed E-state index contributed by atoms with van der Waals surface area (Å²) in [6, 6.07) is 15.8. The molecule has 0 unspecified atom stereocenters. The van der Waals surface area contributed by atoms with Crippen LogP contribution in [0.4, 0.5) is 0 Å². The predicted molar refractivity (Wildman–Crippen MR) is 71.3 cm³/mol. The molecule has 0 N–H and O–H groups in total. The Labute approximate surface area is 105 Å². The van der Waals surface area contributed by atoms with Crippen LogP contribution in [0.5, 0.6) is 5.75 Å². The molecule has 2 rings (SSSR count). The number of hydrogen-bond acceptors (Lipinski definition) is 2. The summed E-state index contributed by atoms with van der Waals surface area (Å²) in [5, 5.41) is 3.54. The topological polar surface area (TPSA) is 58.0 Å². The standard InChI is InChI=1S/C14H13N3O/c1-18-14-9-11(10-16-17-15)7-8-13(14)12-5-3-2-4-6-12/h2-9H,10H2,1H3. The summed E-state index contributed by atoms with van der Waals surface area (Å²) in [7, 11) is 1.64. The summed E-state index contributed by atoms with van der Waals surface area (Å²) in [5.74, 6) is 0.784. The highest BCUT2D eigenvalue weighted by Gasteiger charge is 2.06. The van der Waals surface area contributed by atoms with E-state index in [1.807, 2.05) is 48.5 Å². The van der Waals surface area contributed by atoms with Gasteiger partial charge in [-0.2, -0.15) is 0 Å². The Bertz CT molecular complexity index is 575. The molecule has 0 saturated carbocycles. The fraction of sp³-hybridized carbons (Fsp3) is 0.143. The largest absolute Gasteiger partial charge is 0.496 e. The van der Waals surface area contributed by atoms with Crippen LogP contribution in [-0.4, -0.2) is 7.11 Å². The van der Waals surface area contributed by atoms with Gasteiger partial charge in [-0.3, -0.25) is 0 Å². The van der Waals surface area contributed by atoms with Crippen molar-refractivity contribution < 1.29 is 4.74 Å². The van der Waals surface area contributed by atoms with Gasteiger partial charge in [-0.25, -0.2) is 0 Å². The summed E-state index contributed by atoms with van der Waals surface area (Å²) < 4.78 is 5.39. The van der Waals surface area contributed by atoms with Crippen LogP contribution >= 0.6 is 0 Å². The van der Waals surface area contributed by atoms with Crippen LogP contribution in [0.3, 0.4) is 0 Å². The van der Waals surface area contributed by atoms with Crippen LogP contribution in [0, 0.1) is 0 Å². The van der Waals surface area contributed by atoms with Crippen molar-refractivity contribution in [2.45, 2.75) is 6.54 Å². The summed E-state index contributed by atoms with van der Waals surface area (Å²) >= 11 is 0. The van der Waals surface area contributed by atoms with Crippen LogP contribution in [0.25, 0.3) is 21.6 Å². The number of rotatable bonds is 4. The van der Waals surface area contributed by atoms with Gasteiger partial charge >= 0.3 is 0 Å². The molecule has 0 bridgehead atoms. The maximum absolute atomic E-state index is 8.31. The first-order chi connectivity index (χ1) is 8.85. The molecule has 4 nitrogen and oxygen atoms in total. The Balaban J connectivity index is 2.40. The lowest BCUT2D eigenvalue weighted by Gasteiger charge is -2.10. The van der Waals surface area contributed by atoms with Gasteiger partial charge in [0.05, 0.1) is 13.7 Å². The van der Waals surface area contributed by atoms with E-state index in [1.54, 1.807) is 7.11 Å². The Kier molecular flexibility index (Phi) is 3.84. The molecule has 90 valence electrons. The fourth-order valence-corrected chi connectivity index (χ4v) is 1.80. The first kappa shape index (κ1) is 12.0. The molecule has 18 heavy (non-hydrogen) atoms. The third-order valence-electron chi connectivity index (χ3n) is 2.67. The molecule has 2 aromatic rings. The molecule has 0 spiro atoms. The summed E-state index contributed by atoms with van der Waals surface area (Å²) in [6.45, 7) is 0.335. The van der Waals surface area contributed by atoms with Crippen molar-refractivity contribution in [3.8, 4) is 16.9 Å². The van der Waals surface area contributed by atoms with E-state index in [9.17, 15) is 0 Å². The number of azide groups is 1. The van der Waals surface area contributed by atoms with Gasteiger partial charge in [-0.05, 0) is 22.7 Å². The normalized spacial score (nSPS) is 9.61. The molecule has 0 aliphatic heterocycles. The number of benzene rings is 2. The molecular weight excluding hydrogens is 226 g/mol. The van der Waals surface area contributed by atoms with Gasteiger partial charge < -0.3 is 4.74 Å². The monoisotopic (exact) mass is 239 g/mol. The molecule has 0 fully saturated rings. The molecule has 0 aromatic heterocycles. The fourth-order valence-electron chi connectivity index (χ4n) is 1.80. The average Bonchev–Trinajstić information content (AvgIpc) is 2.45. The molecule has 0 aliphatic rings. The van der Waals surface area contributed by atoms with Gasteiger partial charge in [0.15, 0.2) is 0 Å². The SMILES string of the molecule is COc1cc(CN=[N+]=[N-])ccc1-c1ccccc1. The lowest BCUT2D eigenvalue weighted by atomic mass is 10.0. The third kappa shape index (κ3) is 2.62. The van der Waals surface area contributed by atoms with Crippen molar-refractivity contribution in [1.29, 1.82) is 0 Å². The van der Waals surface area contributed by atoms with Crippen molar-refractivity contribution in [3.05, 3.63) is 64.5 Å². The van der Waals surface area contributed by atoms with Crippen molar-refractivity contribution in [2.75, 3.05) is 7.11 Å². The summed E-state index contributed by atoms with van der Waals surface area (Å²) in [4.78, 5) is 2.75. The molecule has 0 amide bonds. The smallest absolute Gasteiger partial charge is 0.126 e. The first-order valence-corrected chi connectivity index (χ1v) is 5.58. The van der Waals surface area contributed by atoms with Crippen LogP contribution in [0.1, 0.15) is 5.56 Å². The molecule has 2 aromatic carbocycles. The predicted octanol–water partition coefficient (Wildman–Crippen LogP) is 4.17. The van der Waals surface area contributed by atoms with Crippen molar-refractivity contribution in [3.63, 3.8) is 0 Å². The minimum Gasteiger partial charge on any atom is -0.496 e. The second kappa shape index (κ2) is 5.75. The van der Waals surface area contributed by atoms with Crippen molar-refractivity contribution in [2.24, 2.45) is 5.11 Å². The molecule has 0 aliphatic carbocycles. The van der Waals surface area contributed by atoms with E-state index in [-0.39, 0.29) is 0 Å². The number of nitrogens with zero attached hydrogens (tertiary/aromatic N) is 3. The number of methoxy groups -OCH3 is 1. The van der Waals surface area contributed by atoms with E-state index in [2.05, 4.69) is 10.0 Å². The third-order valence-corrected chi connectivity index (χ3v) is 2.67. The van der Waals surface area contributed by atoms with Crippen LogP contribution < -0.4 is 4.74 Å². The molecule has 0 saturated heterocycles. The summed E-state index contributed by atoms with van der Waals surface area (Å²) in [6.07, 6.45) is 0. The van der Waals surface area contributed by atoms with E-state index in [0.717, 1.165) is 22.4 Å². The Morgan fingerprint density at radius 2 is 1.94 bits per heavy atom. The quantitative estimate of drug-likeness (QED) is 0.448. The molecule has 0 atom stereocenters. The second-order valence-electron chi connectivity index (χ2n) is 3.79. The van der Waals surface area contributed by atoms with Gasteiger partial charge in [-0.1, -0.05) is 47.6 Å².